The maximum absolute atomic E-state index is 9.17. The van der Waals surface area contributed by atoms with Crippen molar-refractivity contribution in [1.82, 2.24) is 0 Å². The van der Waals surface area contributed by atoms with Crippen molar-refractivity contribution in [2.75, 3.05) is 6.61 Å². The molecule has 2 atom stereocenters. The molecule has 0 fully saturated rings. The van der Waals surface area contributed by atoms with E-state index in [4.69, 9.17) is 10.5 Å². The van der Waals surface area contributed by atoms with Gasteiger partial charge < -0.3 is 15.6 Å². The Morgan fingerprint density at radius 3 is 2.47 bits per heavy atom. The number of hydrogen-bond donors (Lipinski definition) is 2. The molecule has 3 nitrogen and oxygen atoms in total. The minimum Gasteiger partial charge on any atom is -0.494 e. The summed E-state index contributed by atoms with van der Waals surface area (Å²) < 4.78 is 5.49. The largest absolute Gasteiger partial charge is 0.494 e. The Balaban J connectivity index is 2.29. The van der Waals surface area contributed by atoms with Crippen LogP contribution in [-0.4, -0.2) is 23.9 Å². The summed E-state index contributed by atoms with van der Waals surface area (Å²) >= 11 is 0. The number of aliphatic hydroxyl groups is 1. The molecule has 0 aromatic heterocycles. The number of nitrogens with two attached hydrogens (primary N) is 1. The molecule has 0 amide bonds. The lowest BCUT2D eigenvalue weighted by Crippen LogP contribution is -2.33. The van der Waals surface area contributed by atoms with Crippen LogP contribution in [-0.2, 0) is 0 Å². The normalized spacial score (nSPS) is 14.7. The van der Waals surface area contributed by atoms with E-state index in [0.717, 1.165) is 5.75 Å². The number of aryl methyl sites for hydroxylation is 1. The molecule has 1 aromatic rings. The molecule has 15 heavy (non-hydrogen) atoms. The lowest BCUT2D eigenvalue weighted by Gasteiger charge is -2.14. The van der Waals surface area contributed by atoms with E-state index < -0.39 is 6.10 Å². The van der Waals surface area contributed by atoms with E-state index in [2.05, 4.69) is 0 Å². The highest BCUT2D eigenvalue weighted by atomic mass is 16.5. The molecule has 3 heteroatoms. The lowest BCUT2D eigenvalue weighted by molar-refractivity contribution is 0.147. The van der Waals surface area contributed by atoms with Gasteiger partial charge in [-0.15, -0.1) is 0 Å². The zero-order valence-corrected chi connectivity index (χ0v) is 9.31. The molecule has 0 saturated heterocycles. The van der Waals surface area contributed by atoms with E-state index in [9.17, 15) is 5.11 Å². The molecule has 3 N–H and O–H groups in total. The molecular formula is C12H19NO2. The molecule has 0 saturated carbocycles. The van der Waals surface area contributed by atoms with Crippen LogP contribution in [0.3, 0.4) is 0 Å². The first-order valence-corrected chi connectivity index (χ1v) is 5.22. The van der Waals surface area contributed by atoms with Gasteiger partial charge in [0.2, 0.25) is 0 Å². The second kappa shape index (κ2) is 5.73. The van der Waals surface area contributed by atoms with Gasteiger partial charge in [-0.05, 0) is 32.4 Å². The van der Waals surface area contributed by atoms with Crippen molar-refractivity contribution in [2.45, 2.75) is 32.4 Å². The fraction of sp³-hybridized carbons (Fsp3) is 0.500. The molecule has 0 radical (unpaired) electrons. The quantitative estimate of drug-likeness (QED) is 0.772. The average molecular weight is 209 g/mol. The van der Waals surface area contributed by atoms with Gasteiger partial charge in [0.1, 0.15) is 5.75 Å². The highest BCUT2D eigenvalue weighted by Crippen LogP contribution is 2.11. The van der Waals surface area contributed by atoms with Gasteiger partial charge in [0, 0.05) is 6.04 Å². The molecule has 1 aromatic carbocycles. The predicted molar refractivity (Wildman–Crippen MR) is 60.9 cm³/mol. The van der Waals surface area contributed by atoms with Crippen LogP contribution in [0, 0.1) is 6.92 Å². The summed E-state index contributed by atoms with van der Waals surface area (Å²) in [7, 11) is 0. The van der Waals surface area contributed by atoms with Gasteiger partial charge in [0.05, 0.1) is 12.7 Å². The van der Waals surface area contributed by atoms with Gasteiger partial charge in [-0.2, -0.15) is 0 Å². The molecular weight excluding hydrogens is 190 g/mol. The third kappa shape index (κ3) is 4.32. The summed E-state index contributed by atoms with van der Waals surface area (Å²) in [5.74, 6) is 0.846. The van der Waals surface area contributed by atoms with Crippen molar-refractivity contribution in [3.63, 3.8) is 0 Å². The fourth-order valence-corrected chi connectivity index (χ4v) is 1.19. The Bertz CT molecular complexity index is 282. The Labute approximate surface area is 90.9 Å². The highest BCUT2D eigenvalue weighted by molar-refractivity contribution is 5.26. The number of ether oxygens (including phenoxy) is 1. The first-order chi connectivity index (χ1) is 7.09. The number of benzene rings is 1. The van der Waals surface area contributed by atoms with E-state index in [-0.39, 0.29) is 6.04 Å². The molecule has 0 bridgehead atoms. The summed E-state index contributed by atoms with van der Waals surface area (Å²) in [5.41, 5.74) is 6.89. The predicted octanol–water partition coefficient (Wildman–Crippen LogP) is 1.47. The number of hydrogen-bond acceptors (Lipinski definition) is 3. The van der Waals surface area contributed by atoms with Crippen LogP contribution < -0.4 is 10.5 Å². The van der Waals surface area contributed by atoms with Crippen molar-refractivity contribution >= 4 is 0 Å². The standard InChI is InChI=1S/C12H19NO2/c1-9-3-5-11(6-4-9)15-8-7-12(13)10(2)14/h3-6,10,12,14H,7-8,13H2,1-2H3. The molecule has 84 valence electrons. The van der Waals surface area contributed by atoms with Crippen LogP contribution in [0.4, 0.5) is 0 Å². The zero-order chi connectivity index (χ0) is 11.3. The average Bonchev–Trinajstić information content (AvgIpc) is 2.20. The van der Waals surface area contributed by atoms with Crippen LogP contribution in [0.25, 0.3) is 0 Å². The first kappa shape index (κ1) is 12.0. The van der Waals surface area contributed by atoms with Crippen LogP contribution in [0.2, 0.25) is 0 Å². The van der Waals surface area contributed by atoms with Crippen molar-refractivity contribution < 1.29 is 9.84 Å². The molecule has 0 spiro atoms. The Morgan fingerprint density at radius 1 is 1.33 bits per heavy atom. The molecule has 2 unspecified atom stereocenters. The Hall–Kier alpha value is -1.06. The topological polar surface area (TPSA) is 55.5 Å². The van der Waals surface area contributed by atoms with Crippen molar-refractivity contribution in [1.29, 1.82) is 0 Å². The zero-order valence-electron chi connectivity index (χ0n) is 9.31. The minimum atomic E-state index is -0.480. The fourth-order valence-electron chi connectivity index (χ4n) is 1.19. The molecule has 0 aliphatic heterocycles. The Kier molecular flexibility index (Phi) is 4.59. The van der Waals surface area contributed by atoms with Gasteiger partial charge in [0.25, 0.3) is 0 Å². The van der Waals surface area contributed by atoms with E-state index in [1.165, 1.54) is 5.56 Å². The second-order valence-electron chi connectivity index (χ2n) is 3.85. The first-order valence-electron chi connectivity index (χ1n) is 5.22. The van der Waals surface area contributed by atoms with Crippen molar-refractivity contribution in [3.8, 4) is 5.75 Å². The maximum Gasteiger partial charge on any atom is 0.119 e. The summed E-state index contributed by atoms with van der Waals surface area (Å²) in [6.07, 6.45) is 0.178. The second-order valence-corrected chi connectivity index (χ2v) is 3.85. The van der Waals surface area contributed by atoms with Crippen LogP contribution >= 0.6 is 0 Å². The number of rotatable bonds is 5. The van der Waals surface area contributed by atoms with Crippen LogP contribution in [0.5, 0.6) is 5.75 Å². The minimum absolute atomic E-state index is 0.213. The van der Waals surface area contributed by atoms with Gasteiger partial charge in [-0.1, -0.05) is 17.7 Å². The third-order valence-corrected chi connectivity index (χ3v) is 2.36. The molecule has 0 heterocycles. The molecule has 0 aliphatic carbocycles. The lowest BCUT2D eigenvalue weighted by atomic mass is 10.1. The third-order valence-electron chi connectivity index (χ3n) is 2.36. The van der Waals surface area contributed by atoms with Crippen LogP contribution in [0.15, 0.2) is 24.3 Å². The Morgan fingerprint density at radius 2 is 1.93 bits per heavy atom. The summed E-state index contributed by atoms with van der Waals surface area (Å²) in [4.78, 5) is 0. The SMILES string of the molecule is Cc1ccc(OCCC(N)C(C)O)cc1. The van der Waals surface area contributed by atoms with Gasteiger partial charge in [0.15, 0.2) is 0 Å². The van der Waals surface area contributed by atoms with Gasteiger partial charge in [-0.3, -0.25) is 0 Å². The van der Waals surface area contributed by atoms with E-state index in [1.807, 2.05) is 31.2 Å². The summed E-state index contributed by atoms with van der Waals surface area (Å²) in [6.45, 7) is 4.26. The van der Waals surface area contributed by atoms with Crippen LogP contribution in [0.1, 0.15) is 18.9 Å². The molecule has 0 aliphatic rings. The van der Waals surface area contributed by atoms with E-state index in [0.29, 0.717) is 13.0 Å². The summed E-state index contributed by atoms with van der Waals surface area (Å²) in [6, 6.07) is 7.66. The van der Waals surface area contributed by atoms with Gasteiger partial charge in [-0.25, -0.2) is 0 Å². The maximum atomic E-state index is 9.17. The highest BCUT2D eigenvalue weighted by Gasteiger charge is 2.08. The molecule has 1 rings (SSSR count). The summed E-state index contributed by atoms with van der Waals surface area (Å²) in [5, 5.41) is 9.17. The number of aliphatic hydroxyl groups excluding tert-OH is 1. The van der Waals surface area contributed by atoms with Crippen molar-refractivity contribution in [2.24, 2.45) is 5.73 Å². The van der Waals surface area contributed by atoms with Crippen molar-refractivity contribution in [3.05, 3.63) is 29.8 Å². The van der Waals surface area contributed by atoms with E-state index >= 15 is 0 Å². The monoisotopic (exact) mass is 209 g/mol. The smallest absolute Gasteiger partial charge is 0.119 e. The van der Waals surface area contributed by atoms with Gasteiger partial charge >= 0.3 is 0 Å². The van der Waals surface area contributed by atoms with E-state index in [1.54, 1.807) is 6.92 Å².